The van der Waals surface area contributed by atoms with E-state index in [4.69, 9.17) is 10.5 Å². The van der Waals surface area contributed by atoms with E-state index in [9.17, 15) is 19.3 Å². The van der Waals surface area contributed by atoms with Crippen LogP contribution in [0.2, 0.25) is 0 Å². The van der Waals surface area contributed by atoms with Gasteiger partial charge in [-0.2, -0.15) is 8.91 Å². The summed E-state index contributed by atoms with van der Waals surface area (Å²) in [6.07, 6.45) is 2.74. The fourth-order valence-electron chi connectivity index (χ4n) is 2.54. The molecule has 10 heteroatoms. The lowest BCUT2D eigenvalue weighted by molar-refractivity contribution is -0.387. The van der Waals surface area contributed by atoms with Crippen molar-refractivity contribution in [1.82, 2.24) is 9.61 Å². The molecule has 3 rings (SSSR count). The van der Waals surface area contributed by atoms with Gasteiger partial charge in [0.25, 0.3) is 0 Å². The third-order valence-corrected chi connectivity index (χ3v) is 3.57. The number of nitrogens with zero attached hydrogens (tertiary/aromatic N) is 3. The zero-order valence-electron chi connectivity index (χ0n) is 13.0. The lowest BCUT2D eigenvalue weighted by Gasteiger charge is -2.05. The smallest absolute Gasteiger partial charge is 0.340 e. The minimum absolute atomic E-state index is 0.119. The van der Waals surface area contributed by atoms with Gasteiger partial charge in [0.05, 0.1) is 23.3 Å². The van der Waals surface area contributed by atoms with Crippen molar-refractivity contribution in [3.05, 3.63) is 52.2 Å². The molecule has 0 aliphatic carbocycles. The van der Waals surface area contributed by atoms with Crippen molar-refractivity contribution < 1.29 is 23.8 Å². The Labute approximate surface area is 140 Å². The number of benzene rings is 1. The van der Waals surface area contributed by atoms with E-state index in [0.717, 1.165) is 12.1 Å². The number of aromatic amines is 1. The highest BCUT2D eigenvalue weighted by atomic mass is 19.1. The highest BCUT2D eigenvalue weighted by Gasteiger charge is 2.26. The van der Waals surface area contributed by atoms with E-state index in [1.165, 1.54) is 23.1 Å². The standard InChI is InChI=1S/C15H12FN5O4/c1-2-25-15(22)9-6-20-13(14(17)18-7-19-20)12(9)8-3-4-11(21(23)24)10(16)5-8/h3-7H,2H2,1H3,(H2,17,18,19)/p+1. The molecule has 2 heterocycles. The maximum atomic E-state index is 14.1. The van der Waals surface area contributed by atoms with Gasteiger partial charge in [-0.3, -0.25) is 10.1 Å². The van der Waals surface area contributed by atoms with E-state index in [2.05, 4.69) is 10.1 Å². The van der Waals surface area contributed by atoms with Crippen LogP contribution >= 0.6 is 0 Å². The molecule has 2 aromatic heterocycles. The number of carbonyl (C=O) groups excluding carboxylic acids is 1. The number of rotatable bonds is 4. The summed E-state index contributed by atoms with van der Waals surface area (Å²) >= 11 is 0. The van der Waals surface area contributed by atoms with Gasteiger partial charge in [-0.25, -0.2) is 9.78 Å². The lowest BCUT2D eigenvalue weighted by Crippen LogP contribution is -2.13. The van der Waals surface area contributed by atoms with Gasteiger partial charge < -0.3 is 10.5 Å². The predicted molar refractivity (Wildman–Crippen MR) is 84.2 cm³/mol. The number of hydrogen-bond acceptors (Lipinski definition) is 6. The molecule has 1 aromatic carbocycles. The zero-order valence-corrected chi connectivity index (χ0v) is 13.0. The number of nitro benzene ring substituents is 1. The van der Waals surface area contributed by atoms with Crippen LogP contribution in [-0.4, -0.2) is 27.1 Å². The van der Waals surface area contributed by atoms with Gasteiger partial charge in [-0.1, -0.05) is 0 Å². The van der Waals surface area contributed by atoms with E-state index in [1.54, 1.807) is 6.92 Å². The number of hydrogen-bond donors (Lipinski definition) is 1. The van der Waals surface area contributed by atoms with E-state index < -0.39 is 22.4 Å². The molecule has 0 aliphatic heterocycles. The summed E-state index contributed by atoms with van der Waals surface area (Å²) in [7, 11) is 0. The Morgan fingerprint density at radius 2 is 2.28 bits per heavy atom. The number of nitrogens with one attached hydrogen (secondary N) is 1. The summed E-state index contributed by atoms with van der Waals surface area (Å²) in [4.78, 5) is 24.9. The van der Waals surface area contributed by atoms with E-state index in [0.29, 0.717) is 5.52 Å². The van der Waals surface area contributed by atoms with Crippen LogP contribution in [0.1, 0.15) is 17.3 Å². The number of esters is 1. The molecule has 25 heavy (non-hydrogen) atoms. The van der Waals surface area contributed by atoms with Crippen LogP contribution in [0.3, 0.4) is 0 Å². The van der Waals surface area contributed by atoms with Crippen LogP contribution in [0, 0.1) is 15.9 Å². The summed E-state index contributed by atoms with van der Waals surface area (Å²) in [5.74, 6) is -1.47. The first-order valence-electron chi connectivity index (χ1n) is 7.23. The molecule has 0 fully saturated rings. The molecular formula is C15H13FN5O4+. The number of H-pyrrole nitrogens is 1. The van der Waals surface area contributed by atoms with Crippen molar-refractivity contribution >= 4 is 23.0 Å². The molecular weight excluding hydrogens is 333 g/mol. The summed E-state index contributed by atoms with van der Waals surface area (Å²) in [5.41, 5.74) is 6.22. The molecule has 3 aromatic rings. The molecule has 9 nitrogen and oxygen atoms in total. The highest BCUT2D eigenvalue weighted by Crippen LogP contribution is 2.34. The maximum absolute atomic E-state index is 14.1. The number of nitro groups is 1. The second-order valence-corrected chi connectivity index (χ2v) is 5.06. The summed E-state index contributed by atoms with van der Waals surface area (Å²) in [6, 6.07) is 3.34. The molecule has 0 unspecified atom stereocenters. The van der Waals surface area contributed by atoms with Gasteiger partial charge in [0.1, 0.15) is 0 Å². The SMILES string of the molecule is CCOC(=O)c1cn2nc[nH+]c(N)c2c1-c1ccc([N+](=O)[O-])c(F)c1. The van der Waals surface area contributed by atoms with Gasteiger partial charge in [-0.05, 0) is 29.7 Å². The number of halogens is 1. The van der Waals surface area contributed by atoms with E-state index >= 15 is 0 Å². The monoisotopic (exact) mass is 346 g/mol. The van der Waals surface area contributed by atoms with Crippen LogP contribution in [-0.2, 0) is 4.74 Å². The molecule has 128 valence electrons. The Bertz CT molecular complexity index is 1000. The first kappa shape index (κ1) is 16.3. The Morgan fingerprint density at radius 3 is 2.92 bits per heavy atom. The van der Waals surface area contributed by atoms with Crippen molar-refractivity contribution in [2.75, 3.05) is 12.3 Å². The van der Waals surface area contributed by atoms with Crippen LogP contribution in [0.5, 0.6) is 0 Å². The van der Waals surface area contributed by atoms with Crippen LogP contribution in [0.15, 0.2) is 30.7 Å². The van der Waals surface area contributed by atoms with Crippen LogP contribution < -0.4 is 10.7 Å². The molecule has 0 saturated carbocycles. The van der Waals surface area contributed by atoms with E-state index in [1.807, 2.05) is 0 Å². The van der Waals surface area contributed by atoms with Crippen molar-refractivity contribution in [1.29, 1.82) is 0 Å². The number of anilines is 1. The van der Waals surface area contributed by atoms with Gasteiger partial charge in [0, 0.05) is 11.6 Å². The molecule has 0 amide bonds. The topological polar surface area (TPSA) is 127 Å². The van der Waals surface area contributed by atoms with Gasteiger partial charge in [-0.15, -0.1) is 0 Å². The molecule has 0 bridgehead atoms. The molecule has 0 spiro atoms. The lowest BCUT2D eigenvalue weighted by atomic mass is 10.0. The Balaban J connectivity index is 2.30. The fraction of sp³-hybridized carbons (Fsp3) is 0.133. The Hall–Kier alpha value is -3.56. The molecule has 3 N–H and O–H groups in total. The quantitative estimate of drug-likeness (QED) is 0.434. The summed E-state index contributed by atoms with van der Waals surface area (Å²) in [5, 5.41) is 14.8. The number of aromatic nitrogens is 3. The van der Waals surface area contributed by atoms with E-state index in [-0.39, 0.29) is 29.1 Å². The maximum Gasteiger partial charge on any atom is 0.340 e. The van der Waals surface area contributed by atoms with Gasteiger partial charge in [0.2, 0.25) is 18.0 Å². The molecule has 0 saturated heterocycles. The number of carbonyl (C=O) groups is 1. The van der Waals surface area contributed by atoms with Crippen molar-refractivity contribution in [3.8, 4) is 11.1 Å². The molecule has 0 radical (unpaired) electrons. The average molecular weight is 346 g/mol. The third-order valence-electron chi connectivity index (χ3n) is 3.57. The number of fused-ring (bicyclic) bond motifs is 1. The summed E-state index contributed by atoms with van der Waals surface area (Å²) in [6.45, 7) is 1.80. The van der Waals surface area contributed by atoms with Crippen LogP contribution in [0.4, 0.5) is 15.9 Å². The summed E-state index contributed by atoms with van der Waals surface area (Å²) < 4.78 is 20.4. The van der Waals surface area contributed by atoms with Gasteiger partial charge in [0.15, 0.2) is 5.52 Å². The molecule has 0 atom stereocenters. The third kappa shape index (κ3) is 2.73. The zero-order chi connectivity index (χ0) is 18.1. The minimum Gasteiger partial charge on any atom is -0.462 e. The first-order chi connectivity index (χ1) is 11.9. The predicted octanol–water partition coefficient (Wildman–Crippen LogP) is 1.62. The largest absolute Gasteiger partial charge is 0.462 e. The number of nitrogen functional groups attached to an aromatic ring is 1. The molecule has 0 aliphatic rings. The Morgan fingerprint density at radius 1 is 1.52 bits per heavy atom. The Kier molecular flexibility index (Phi) is 4.01. The number of ether oxygens (including phenoxy) is 1. The number of nitrogens with two attached hydrogens (primary N) is 1. The fourth-order valence-corrected chi connectivity index (χ4v) is 2.54. The van der Waals surface area contributed by atoms with Gasteiger partial charge >= 0.3 is 11.7 Å². The van der Waals surface area contributed by atoms with Crippen LogP contribution in [0.25, 0.3) is 16.6 Å². The van der Waals surface area contributed by atoms with Crippen molar-refractivity contribution in [3.63, 3.8) is 0 Å². The average Bonchev–Trinajstić information content (AvgIpc) is 2.95. The van der Waals surface area contributed by atoms with Crippen molar-refractivity contribution in [2.45, 2.75) is 6.92 Å². The first-order valence-corrected chi connectivity index (χ1v) is 7.23. The minimum atomic E-state index is -1.02. The van der Waals surface area contributed by atoms with Crippen molar-refractivity contribution in [2.24, 2.45) is 0 Å². The second kappa shape index (κ2) is 6.15. The second-order valence-electron chi connectivity index (χ2n) is 5.06. The normalized spacial score (nSPS) is 10.8. The highest BCUT2D eigenvalue weighted by molar-refractivity contribution is 6.04.